The monoisotopic (exact) mass is 324 g/mol. The van der Waals surface area contributed by atoms with Crippen molar-refractivity contribution in [3.63, 3.8) is 0 Å². The van der Waals surface area contributed by atoms with E-state index in [0.29, 0.717) is 6.54 Å². The zero-order chi connectivity index (χ0) is 17.0. The first-order chi connectivity index (χ1) is 11.8. The molecule has 2 N–H and O–H groups in total. The van der Waals surface area contributed by atoms with Gasteiger partial charge in [0.15, 0.2) is 0 Å². The van der Waals surface area contributed by atoms with Crippen LogP contribution in [0.3, 0.4) is 0 Å². The normalized spacial score (nSPS) is 10.5. The van der Waals surface area contributed by atoms with Crippen molar-refractivity contribution in [2.24, 2.45) is 0 Å². The number of rotatable bonds is 8. The summed E-state index contributed by atoms with van der Waals surface area (Å²) in [5.41, 5.74) is 2.31. The highest BCUT2D eigenvalue weighted by Crippen LogP contribution is 2.13. The van der Waals surface area contributed by atoms with Gasteiger partial charge in [-0.3, -0.25) is 0 Å². The third-order valence-electron chi connectivity index (χ3n) is 3.60. The number of urea groups is 1. The van der Waals surface area contributed by atoms with Gasteiger partial charge in [-0.05, 0) is 48.6 Å². The van der Waals surface area contributed by atoms with Crippen LogP contribution in [-0.4, -0.2) is 19.7 Å². The SMILES string of the molecule is COc1cccc(/C=C/NC(=O)NCCCCc2ccccc2)c1. The summed E-state index contributed by atoms with van der Waals surface area (Å²) in [5, 5.41) is 5.56. The second-order valence-corrected chi connectivity index (χ2v) is 5.45. The lowest BCUT2D eigenvalue weighted by atomic mass is 10.1. The highest BCUT2D eigenvalue weighted by Gasteiger charge is 1.97. The molecular formula is C20H24N2O2. The van der Waals surface area contributed by atoms with Crippen LogP contribution in [-0.2, 0) is 6.42 Å². The molecule has 2 rings (SSSR count). The molecule has 0 bridgehead atoms. The van der Waals surface area contributed by atoms with Crippen LogP contribution in [0.1, 0.15) is 24.0 Å². The Morgan fingerprint density at radius 1 is 1.08 bits per heavy atom. The number of carbonyl (C=O) groups is 1. The first-order valence-corrected chi connectivity index (χ1v) is 8.17. The molecule has 24 heavy (non-hydrogen) atoms. The largest absolute Gasteiger partial charge is 0.497 e. The molecule has 0 aliphatic heterocycles. The fraction of sp³-hybridized carbons (Fsp3) is 0.250. The lowest BCUT2D eigenvalue weighted by molar-refractivity contribution is 0.244. The lowest BCUT2D eigenvalue weighted by Gasteiger charge is -2.05. The Morgan fingerprint density at radius 2 is 1.92 bits per heavy atom. The standard InChI is InChI=1S/C20H24N2O2/c1-24-19-12-7-11-18(16-19)13-15-22-20(23)21-14-6-5-10-17-8-3-2-4-9-17/h2-4,7-9,11-13,15-16H,5-6,10,14H2,1H3,(H2,21,22,23)/b15-13+. The third kappa shape index (κ3) is 6.57. The predicted molar refractivity (Wildman–Crippen MR) is 97.9 cm³/mol. The molecule has 0 saturated heterocycles. The fourth-order valence-corrected chi connectivity index (χ4v) is 2.31. The van der Waals surface area contributed by atoms with Gasteiger partial charge in [0.25, 0.3) is 0 Å². The molecule has 0 radical (unpaired) electrons. The summed E-state index contributed by atoms with van der Waals surface area (Å²) < 4.78 is 5.16. The van der Waals surface area contributed by atoms with Crippen LogP contribution in [0, 0.1) is 0 Å². The van der Waals surface area contributed by atoms with Crippen LogP contribution in [0.15, 0.2) is 60.8 Å². The molecule has 0 heterocycles. The fourth-order valence-electron chi connectivity index (χ4n) is 2.31. The van der Waals surface area contributed by atoms with Gasteiger partial charge in [-0.15, -0.1) is 0 Å². The van der Waals surface area contributed by atoms with Gasteiger partial charge in [0.05, 0.1) is 7.11 Å². The van der Waals surface area contributed by atoms with Crippen molar-refractivity contribution in [3.05, 3.63) is 71.9 Å². The average molecular weight is 324 g/mol. The van der Waals surface area contributed by atoms with E-state index in [1.54, 1.807) is 13.3 Å². The van der Waals surface area contributed by atoms with Crippen molar-refractivity contribution in [1.29, 1.82) is 0 Å². The summed E-state index contributed by atoms with van der Waals surface area (Å²) in [6.45, 7) is 0.672. The molecule has 0 aliphatic carbocycles. The van der Waals surface area contributed by atoms with Crippen molar-refractivity contribution in [2.45, 2.75) is 19.3 Å². The van der Waals surface area contributed by atoms with Crippen LogP contribution >= 0.6 is 0 Å². The summed E-state index contributed by atoms with van der Waals surface area (Å²) in [7, 11) is 1.63. The summed E-state index contributed by atoms with van der Waals surface area (Å²) in [6, 6.07) is 17.8. The molecule has 0 fully saturated rings. The summed E-state index contributed by atoms with van der Waals surface area (Å²) >= 11 is 0. The molecule has 2 aromatic carbocycles. The highest BCUT2D eigenvalue weighted by atomic mass is 16.5. The number of benzene rings is 2. The van der Waals surface area contributed by atoms with Crippen molar-refractivity contribution < 1.29 is 9.53 Å². The van der Waals surface area contributed by atoms with Crippen molar-refractivity contribution >= 4 is 12.1 Å². The van der Waals surface area contributed by atoms with E-state index in [0.717, 1.165) is 30.6 Å². The number of methoxy groups -OCH3 is 1. The molecule has 0 unspecified atom stereocenters. The van der Waals surface area contributed by atoms with Crippen LogP contribution in [0.5, 0.6) is 5.75 Å². The molecule has 0 atom stereocenters. The minimum absolute atomic E-state index is 0.186. The molecule has 126 valence electrons. The minimum Gasteiger partial charge on any atom is -0.497 e. The first kappa shape index (κ1) is 17.6. The van der Waals surface area contributed by atoms with Crippen molar-refractivity contribution in [1.82, 2.24) is 10.6 Å². The molecule has 2 amide bonds. The number of amides is 2. The van der Waals surface area contributed by atoms with Gasteiger partial charge in [0, 0.05) is 12.7 Å². The topological polar surface area (TPSA) is 50.4 Å². The van der Waals surface area contributed by atoms with E-state index in [9.17, 15) is 4.79 Å². The van der Waals surface area contributed by atoms with Gasteiger partial charge in [-0.25, -0.2) is 4.79 Å². The van der Waals surface area contributed by atoms with Crippen molar-refractivity contribution in [3.8, 4) is 5.75 Å². The Bertz CT molecular complexity index is 654. The maximum absolute atomic E-state index is 11.7. The molecule has 0 aliphatic rings. The van der Waals surface area contributed by atoms with Gasteiger partial charge in [0.2, 0.25) is 0 Å². The number of carbonyl (C=O) groups excluding carboxylic acids is 1. The number of unbranched alkanes of at least 4 members (excludes halogenated alkanes) is 1. The minimum atomic E-state index is -0.186. The van der Waals surface area contributed by atoms with Crippen molar-refractivity contribution in [2.75, 3.05) is 13.7 Å². The van der Waals surface area contributed by atoms with Gasteiger partial charge in [0.1, 0.15) is 5.75 Å². The van der Waals surface area contributed by atoms with E-state index in [1.807, 2.05) is 36.4 Å². The molecule has 0 spiro atoms. The summed E-state index contributed by atoms with van der Waals surface area (Å²) in [4.78, 5) is 11.7. The van der Waals surface area contributed by atoms with E-state index in [4.69, 9.17) is 4.74 Å². The van der Waals surface area contributed by atoms with Gasteiger partial charge < -0.3 is 15.4 Å². The maximum Gasteiger partial charge on any atom is 0.318 e. The van der Waals surface area contributed by atoms with E-state index in [2.05, 4.69) is 34.9 Å². The number of aryl methyl sites for hydroxylation is 1. The Kier molecular flexibility index (Phi) is 7.41. The van der Waals surface area contributed by atoms with Crippen LogP contribution in [0.4, 0.5) is 4.79 Å². The summed E-state index contributed by atoms with van der Waals surface area (Å²) in [6.07, 6.45) is 6.53. The number of hydrogen-bond donors (Lipinski definition) is 2. The Morgan fingerprint density at radius 3 is 2.71 bits per heavy atom. The van der Waals surface area contributed by atoms with E-state index in [1.165, 1.54) is 5.56 Å². The first-order valence-electron chi connectivity index (χ1n) is 8.17. The average Bonchev–Trinajstić information content (AvgIpc) is 2.62. The number of nitrogens with one attached hydrogen (secondary N) is 2. The maximum atomic E-state index is 11.7. The molecular weight excluding hydrogens is 300 g/mol. The second kappa shape index (κ2) is 10.1. The zero-order valence-corrected chi connectivity index (χ0v) is 14.0. The smallest absolute Gasteiger partial charge is 0.318 e. The van der Waals surface area contributed by atoms with Gasteiger partial charge in [-0.2, -0.15) is 0 Å². The molecule has 2 aromatic rings. The lowest BCUT2D eigenvalue weighted by Crippen LogP contribution is -2.32. The Labute approximate surface area is 143 Å². The van der Waals surface area contributed by atoms with E-state index >= 15 is 0 Å². The van der Waals surface area contributed by atoms with Crippen LogP contribution in [0.25, 0.3) is 6.08 Å². The predicted octanol–water partition coefficient (Wildman–Crippen LogP) is 3.99. The Hall–Kier alpha value is -2.75. The Balaban J connectivity index is 1.60. The van der Waals surface area contributed by atoms with Gasteiger partial charge >= 0.3 is 6.03 Å². The van der Waals surface area contributed by atoms with E-state index < -0.39 is 0 Å². The van der Waals surface area contributed by atoms with Crippen LogP contribution in [0.2, 0.25) is 0 Å². The third-order valence-corrected chi connectivity index (χ3v) is 3.60. The molecule has 4 nitrogen and oxygen atoms in total. The number of ether oxygens (including phenoxy) is 1. The zero-order valence-electron chi connectivity index (χ0n) is 14.0. The van der Waals surface area contributed by atoms with Crippen LogP contribution < -0.4 is 15.4 Å². The molecule has 0 aromatic heterocycles. The summed E-state index contributed by atoms with van der Waals surface area (Å²) in [5.74, 6) is 0.792. The highest BCUT2D eigenvalue weighted by molar-refractivity contribution is 5.75. The van der Waals surface area contributed by atoms with Gasteiger partial charge in [-0.1, -0.05) is 42.5 Å². The molecule has 0 saturated carbocycles. The molecule has 4 heteroatoms. The quantitative estimate of drug-likeness (QED) is 0.721. The number of hydrogen-bond acceptors (Lipinski definition) is 2. The second-order valence-electron chi connectivity index (χ2n) is 5.45. The van der Waals surface area contributed by atoms with E-state index in [-0.39, 0.29) is 6.03 Å².